The van der Waals surface area contributed by atoms with E-state index < -0.39 is 0 Å². The topological polar surface area (TPSA) is 96.6 Å². The quantitative estimate of drug-likeness (QED) is 0.653. The maximum Gasteiger partial charge on any atom is 0.294 e. The van der Waals surface area contributed by atoms with Crippen LogP contribution in [0.1, 0.15) is 6.92 Å². The summed E-state index contributed by atoms with van der Waals surface area (Å²) in [6.45, 7) is 2.44. The zero-order valence-corrected chi connectivity index (χ0v) is 14.4. The second kappa shape index (κ2) is 7.18. The summed E-state index contributed by atoms with van der Waals surface area (Å²) in [6, 6.07) is 12.9. The van der Waals surface area contributed by atoms with Crippen LogP contribution < -0.4 is 15.6 Å². The highest BCUT2D eigenvalue weighted by Crippen LogP contribution is 2.26. The van der Waals surface area contributed by atoms with Crippen molar-refractivity contribution in [1.29, 1.82) is 0 Å². The Bertz CT molecular complexity index is 978. The molecule has 1 aromatic heterocycles. The molecule has 0 amide bonds. The van der Waals surface area contributed by atoms with Gasteiger partial charge in [-0.2, -0.15) is 9.78 Å². The second-order valence-corrected chi connectivity index (χ2v) is 5.63. The zero-order chi connectivity index (χ0) is 18.7. The van der Waals surface area contributed by atoms with E-state index in [-0.39, 0.29) is 22.7 Å². The Balaban J connectivity index is 2.23. The molecule has 0 saturated carbocycles. The number of hydrogen-bond donors (Lipinski definition) is 3. The molecule has 7 nitrogen and oxygen atoms in total. The van der Waals surface area contributed by atoms with Gasteiger partial charge in [0.15, 0.2) is 0 Å². The van der Waals surface area contributed by atoms with Crippen LogP contribution in [0.2, 0.25) is 0 Å². The highest BCUT2D eigenvalue weighted by Gasteiger charge is 2.13. The van der Waals surface area contributed by atoms with Gasteiger partial charge in [0.1, 0.15) is 22.9 Å². The summed E-state index contributed by atoms with van der Waals surface area (Å²) in [4.78, 5) is 12.7. The van der Waals surface area contributed by atoms with Crippen molar-refractivity contribution in [1.82, 2.24) is 9.78 Å². The van der Waals surface area contributed by atoms with Crippen molar-refractivity contribution in [2.45, 2.75) is 6.92 Å². The first-order chi connectivity index (χ1) is 12.5. The lowest BCUT2D eigenvalue weighted by Crippen LogP contribution is -2.25. The van der Waals surface area contributed by atoms with Gasteiger partial charge < -0.3 is 20.3 Å². The van der Waals surface area contributed by atoms with Crippen LogP contribution in [0, 0.1) is 0 Å². The third-order valence-electron chi connectivity index (χ3n) is 3.78. The minimum absolute atomic E-state index is 0.162. The van der Waals surface area contributed by atoms with E-state index in [1.54, 1.807) is 13.2 Å². The van der Waals surface area contributed by atoms with Crippen LogP contribution in [0.3, 0.4) is 0 Å². The molecule has 7 heteroatoms. The van der Waals surface area contributed by atoms with Gasteiger partial charge in [-0.05, 0) is 25.1 Å². The van der Waals surface area contributed by atoms with E-state index in [0.717, 1.165) is 10.2 Å². The zero-order valence-electron chi connectivity index (χ0n) is 14.4. The van der Waals surface area contributed by atoms with E-state index in [0.29, 0.717) is 23.7 Å². The standard InChI is InChI=1S/C19H19N3O4/c1-3-20-18-11-17(12-5-4-6-16(7-12)26-2)21-22(19(18)25)13-8-14(23)10-15(24)9-13/h4-11,20,23-24H,3H2,1-2H3. The van der Waals surface area contributed by atoms with Crippen molar-refractivity contribution in [3.8, 4) is 34.2 Å². The molecular weight excluding hydrogens is 334 g/mol. The van der Waals surface area contributed by atoms with E-state index >= 15 is 0 Å². The highest BCUT2D eigenvalue weighted by molar-refractivity contribution is 5.65. The number of nitrogens with zero attached hydrogens (tertiary/aromatic N) is 2. The van der Waals surface area contributed by atoms with Crippen molar-refractivity contribution < 1.29 is 14.9 Å². The Morgan fingerprint density at radius 2 is 1.85 bits per heavy atom. The van der Waals surface area contributed by atoms with Gasteiger partial charge in [-0.3, -0.25) is 4.79 Å². The number of rotatable bonds is 5. The maximum atomic E-state index is 12.7. The van der Waals surface area contributed by atoms with Crippen LogP contribution in [-0.4, -0.2) is 33.6 Å². The molecule has 2 aromatic carbocycles. The van der Waals surface area contributed by atoms with Gasteiger partial charge in [0.05, 0.1) is 18.5 Å². The second-order valence-electron chi connectivity index (χ2n) is 5.63. The summed E-state index contributed by atoms with van der Waals surface area (Å²) in [5.74, 6) is 0.345. The molecule has 0 bridgehead atoms. The van der Waals surface area contributed by atoms with Gasteiger partial charge in [0.25, 0.3) is 5.56 Å². The largest absolute Gasteiger partial charge is 0.508 e. The van der Waals surface area contributed by atoms with Gasteiger partial charge in [0.2, 0.25) is 0 Å². The third kappa shape index (κ3) is 3.46. The summed E-state index contributed by atoms with van der Waals surface area (Å²) in [6.07, 6.45) is 0. The van der Waals surface area contributed by atoms with Crippen LogP contribution in [0.25, 0.3) is 16.9 Å². The molecule has 0 aliphatic carbocycles. The Labute approximate surface area is 150 Å². The number of benzene rings is 2. The normalized spacial score (nSPS) is 10.5. The number of hydrogen-bond acceptors (Lipinski definition) is 6. The van der Waals surface area contributed by atoms with E-state index in [1.807, 2.05) is 31.2 Å². The lowest BCUT2D eigenvalue weighted by Gasteiger charge is -2.12. The molecular formula is C19H19N3O4. The van der Waals surface area contributed by atoms with Crippen LogP contribution in [-0.2, 0) is 0 Å². The van der Waals surface area contributed by atoms with Gasteiger partial charge >= 0.3 is 0 Å². The number of aromatic nitrogens is 2. The monoisotopic (exact) mass is 353 g/mol. The molecule has 0 aliphatic heterocycles. The van der Waals surface area contributed by atoms with Crippen molar-refractivity contribution in [2.24, 2.45) is 0 Å². The van der Waals surface area contributed by atoms with E-state index in [2.05, 4.69) is 10.4 Å². The van der Waals surface area contributed by atoms with E-state index in [9.17, 15) is 15.0 Å². The molecule has 26 heavy (non-hydrogen) atoms. The fourth-order valence-electron chi connectivity index (χ4n) is 2.61. The Kier molecular flexibility index (Phi) is 4.79. The summed E-state index contributed by atoms with van der Waals surface area (Å²) >= 11 is 0. The lowest BCUT2D eigenvalue weighted by atomic mass is 10.1. The van der Waals surface area contributed by atoms with Crippen molar-refractivity contribution in [3.63, 3.8) is 0 Å². The van der Waals surface area contributed by atoms with Gasteiger partial charge in [-0.1, -0.05) is 12.1 Å². The smallest absolute Gasteiger partial charge is 0.294 e. The summed E-state index contributed by atoms with van der Waals surface area (Å²) in [5, 5.41) is 26.9. The van der Waals surface area contributed by atoms with Gasteiger partial charge in [-0.15, -0.1) is 0 Å². The number of ether oxygens (including phenoxy) is 1. The average molecular weight is 353 g/mol. The first kappa shape index (κ1) is 17.3. The summed E-state index contributed by atoms with van der Waals surface area (Å²) in [5.41, 5.74) is 1.55. The SMILES string of the molecule is CCNc1cc(-c2cccc(OC)c2)nn(-c2cc(O)cc(O)c2)c1=O. The van der Waals surface area contributed by atoms with Crippen LogP contribution in [0.15, 0.2) is 53.3 Å². The fourth-order valence-corrected chi connectivity index (χ4v) is 2.61. The molecule has 0 saturated heterocycles. The van der Waals surface area contributed by atoms with E-state index in [1.165, 1.54) is 18.2 Å². The molecule has 1 heterocycles. The third-order valence-corrected chi connectivity index (χ3v) is 3.78. The minimum atomic E-state index is -0.386. The number of anilines is 1. The Morgan fingerprint density at radius 1 is 1.12 bits per heavy atom. The number of methoxy groups -OCH3 is 1. The van der Waals surface area contributed by atoms with Crippen molar-refractivity contribution in [2.75, 3.05) is 19.0 Å². The molecule has 0 aliphatic rings. The Hall–Kier alpha value is -3.48. The predicted octanol–water partition coefficient (Wildman–Crippen LogP) is 2.75. The molecule has 3 rings (SSSR count). The molecule has 134 valence electrons. The van der Waals surface area contributed by atoms with Gasteiger partial charge in [0, 0.05) is 30.3 Å². The molecule has 3 aromatic rings. The van der Waals surface area contributed by atoms with E-state index in [4.69, 9.17) is 4.74 Å². The van der Waals surface area contributed by atoms with Crippen LogP contribution in [0.4, 0.5) is 5.69 Å². The Morgan fingerprint density at radius 3 is 2.50 bits per heavy atom. The molecule has 3 N–H and O–H groups in total. The first-order valence-corrected chi connectivity index (χ1v) is 8.08. The lowest BCUT2D eigenvalue weighted by molar-refractivity contribution is 0.415. The number of aromatic hydroxyl groups is 2. The summed E-state index contributed by atoms with van der Waals surface area (Å²) < 4.78 is 6.39. The molecule has 0 radical (unpaired) electrons. The molecule has 0 unspecified atom stereocenters. The number of phenols is 2. The maximum absolute atomic E-state index is 12.7. The van der Waals surface area contributed by atoms with Crippen molar-refractivity contribution >= 4 is 5.69 Å². The average Bonchev–Trinajstić information content (AvgIpc) is 2.62. The number of nitrogens with one attached hydrogen (secondary N) is 1. The predicted molar refractivity (Wildman–Crippen MR) is 99.3 cm³/mol. The van der Waals surface area contributed by atoms with Gasteiger partial charge in [-0.25, -0.2) is 0 Å². The summed E-state index contributed by atoms with van der Waals surface area (Å²) in [7, 11) is 1.58. The molecule has 0 fully saturated rings. The first-order valence-electron chi connectivity index (χ1n) is 8.08. The minimum Gasteiger partial charge on any atom is -0.508 e. The highest BCUT2D eigenvalue weighted by atomic mass is 16.5. The van der Waals surface area contributed by atoms with Crippen molar-refractivity contribution in [3.05, 3.63) is 58.9 Å². The van der Waals surface area contributed by atoms with Crippen LogP contribution >= 0.6 is 0 Å². The fraction of sp³-hybridized carbons (Fsp3) is 0.158. The molecule has 0 spiro atoms. The number of phenolic OH excluding ortho intramolecular Hbond substituents is 2. The van der Waals surface area contributed by atoms with Crippen LogP contribution in [0.5, 0.6) is 17.2 Å². The molecule has 0 atom stereocenters.